The summed E-state index contributed by atoms with van der Waals surface area (Å²) in [5, 5.41) is 0. The second kappa shape index (κ2) is 3.01. The van der Waals surface area contributed by atoms with Gasteiger partial charge in [-0.2, -0.15) is 11.8 Å². The number of hydrogen-bond acceptors (Lipinski definition) is 2. The highest BCUT2D eigenvalue weighted by atomic mass is 32.2. The summed E-state index contributed by atoms with van der Waals surface area (Å²) < 4.78 is 0. The molecule has 0 aromatic heterocycles. The van der Waals surface area contributed by atoms with Gasteiger partial charge in [0.15, 0.2) is 0 Å². The molecule has 0 radical (unpaired) electrons. The Balaban J connectivity index is 1.63. The topological polar surface area (TPSA) is 17.1 Å². The van der Waals surface area contributed by atoms with Crippen molar-refractivity contribution < 1.29 is 4.79 Å². The lowest BCUT2D eigenvalue weighted by molar-refractivity contribution is -0.124. The van der Waals surface area contributed by atoms with E-state index in [4.69, 9.17) is 0 Å². The van der Waals surface area contributed by atoms with E-state index in [2.05, 4.69) is 0 Å². The molecular weight excluding hydrogens is 180 g/mol. The molecule has 13 heavy (non-hydrogen) atoms. The second-order valence-electron chi connectivity index (χ2n) is 4.75. The zero-order chi connectivity index (χ0) is 8.84. The summed E-state index contributed by atoms with van der Waals surface area (Å²) in [6, 6.07) is 0. The zero-order valence-electron chi connectivity index (χ0n) is 7.87. The van der Waals surface area contributed by atoms with Gasteiger partial charge < -0.3 is 0 Å². The van der Waals surface area contributed by atoms with Crippen molar-refractivity contribution >= 4 is 17.5 Å². The fourth-order valence-electron chi connectivity index (χ4n) is 3.27. The van der Waals surface area contributed by atoms with Crippen molar-refractivity contribution in [3.8, 4) is 0 Å². The SMILES string of the molecule is O=C(C1CCSC1)C1C2CCCC21. The van der Waals surface area contributed by atoms with Gasteiger partial charge in [0.2, 0.25) is 0 Å². The van der Waals surface area contributed by atoms with Gasteiger partial charge in [-0.3, -0.25) is 4.79 Å². The Morgan fingerprint density at radius 2 is 1.92 bits per heavy atom. The van der Waals surface area contributed by atoms with Gasteiger partial charge >= 0.3 is 0 Å². The molecule has 3 aliphatic rings. The monoisotopic (exact) mass is 196 g/mol. The van der Waals surface area contributed by atoms with E-state index in [-0.39, 0.29) is 0 Å². The quantitative estimate of drug-likeness (QED) is 0.674. The summed E-state index contributed by atoms with van der Waals surface area (Å²) in [6.45, 7) is 0. The Kier molecular flexibility index (Phi) is 1.93. The Hall–Kier alpha value is 0.0200. The van der Waals surface area contributed by atoms with Crippen LogP contribution in [0.25, 0.3) is 0 Å². The fourth-order valence-corrected chi connectivity index (χ4v) is 4.51. The van der Waals surface area contributed by atoms with E-state index in [1.54, 1.807) is 0 Å². The van der Waals surface area contributed by atoms with Gasteiger partial charge in [0.1, 0.15) is 5.78 Å². The molecule has 0 amide bonds. The molecule has 3 unspecified atom stereocenters. The minimum atomic E-state index is 0.445. The first kappa shape index (κ1) is 8.34. The van der Waals surface area contributed by atoms with Crippen LogP contribution in [0.3, 0.4) is 0 Å². The van der Waals surface area contributed by atoms with E-state index in [0.29, 0.717) is 17.6 Å². The summed E-state index contributed by atoms with van der Waals surface area (Å²) in [5.74, 6) is 5.61. The molecule has 0 N–H and O–H groups in total. The molecule has 0 spiro atoms. The summed E-state index contributed by atoms with van der Waals surface area (Å²) >= 11 is 1.96. The summed E-state index contributed by atoms with van der Waals surface area (Å²) in [6.07, 6.45) is 5.25. The Morgan fingerprint density at radius 3 is 2.54 bits per heavy atom. The lowest BCUT2D eigenvalue weighted by Crippen LogP contribution is -2.17. The lowest BCUT2D eigenvalue weighted by atomic mass is 9.96. The molecule has 72 valence electrons. The molecule has 3 rings (SSSR count). The average molecular weight is 196 g/mol. The summed E-state index contributed by atoms with van der Waals surface area (Å²) in [5.41, 5.74) is 0. The van der Waals surface area contributed by atoms with Gasteiger partial charge in [0, 0.05) is 17.6 Å². The third-order valence-corrected chi connectivity index (χ3v) is 5.23. The molecule has 1 saturated heterocycles. The van der Waals surface area contributed by atoms with Gasteiger partial charge in [-0.25, -0.2) is 0 Å². The van der Waals surface area contributed by atoms with Crippen LogP contribution in [0.1, 0.15) is 25.7 Å². The van der Waals surface area contributed by atoms with Crippen molar-refractivity contribution in [3.05, 3.63) is 0 Å². The summed E-state index contributed by atoms with van der Waals surface area (Å²) in [4.78, 5) is 12.0. The van der Waals surface area contributed by atoms with Crippen LogP contribution >= 0.6 is 11.8 Å². The highest BCUT2D eigenvalue weighted by Gasteiger charge is 2.57. The molecule has 3 atom stereocenters. The third kappa shape index (κ3) is 1.25. The number of Topliss-reactive ketones (excluding diaryl/α,β-unsaturated/α-hetero) is 1. The van der Waals surface area contributed by atoms with Gasteiger partial charge in [0.05, 0.1) is 0 Å². The zero-order valence-corrected chi connectivity index (χ0v) is 8.69. The van der Waals surface area contributed by atoms with Crippen LogP contribution in [0.15, 0.2) is 0 Å². The number of carbonyl (C=O) groups is 1. The molecule has 2 heteroatoms. The highest BCUT2D eigenvalue weighted by molar-refractivity contribution is 7.99. The average Bonchev–Trinajstić information content (AvgIpc) is 2.68. The minimum Gasteiger partial charge on any atom is -0.299 e. The van der Waals surface area contributed by atoms with Crippen LogP contribution in [-0.4, -0.2) is 17.3 Å². The first-order valence-corrected chi connectivity index (χ1v) is 6.65. The number of hydrogen-bond donors (Lipinski definition) is 0. The fraction of sp³-hybridized carbons (Fsp3) is 0.909. The van der Waals surface area contributed by atoms with Crippen LogP contribution in [0, 0.1) is 23.7 Å². The Labute approximate surface area is 83.7 Å². The molecular formula is C11H16OS. The first-order valence-electron chi connectivity index (χ1n) is 5.49. The molecule has 1 heterocycles. The normalized spacial score (nSPS) is 47.7. The molecule has 1 aliphatic heterocycles. The molecule has 0 aromatic carbocycles. The first-order chi connectivity index (χ1) is 6.38. The standard InChI is InChI=1S/C11H16OS/c12-11(7-4-5-13-6-7)10-8-2-1-3-9(8)10/h7-10H,1-6H2. The van der Waals surface area contributed by atoms with Crippen molar-refractivity contribution in [2.45, 2.75) is 25.7 Å². The Bertz CT molecular complexity index is 222. The van der Waals surface area contributed by atoms with Gasteiger partial charge in [0.25, 0.3) is 0 Å². The lowest BCUT2D eigenvalue weighted by Gasteiger charge is -2.07. The minimum absolute atomic E-state index is 0.445. The number of ketones is 1. The van der Waals surface area contributed by atoms with Crippen molar-refractivity contribution in [2.24, 2.45) is 23.7 Å². The van der Waals surface area contributed by atoms with Crippen molar-refractivity contribution in [2.75, 3.05) is 11.5 Å². The van der Waals surface area contributed by atoms with Crippen molar-refractivity contribution in [1.29, 1.82) is 0 Å². The maximum absolute atomic E-state index is 12.0. The van der Waals surface area contributed by atoms with E-state index in [0.717, 1.165) is 17.6 Å². The second-order valence-corrected chi connectivity index (χ2v) is 5.90. The van der Waals surface area contributed by atoms with Crippen LogP contribution in [0.2, 0.25) is 0 Å². The molecule has 2 aliphatic carbocycles. The van der Waals surface area contributed by atoms with Crippen LogP contribution < -0.4 is 0 Å². The molecule has 0 aromatic rings. The predicted molar refractivity (Wildman–Crippen MR) is 54.8 cm³/mol. The molecule has 2 saturated carbocycles. The largest absolute Gasteiger partial charge is 0.299 e. The molecule has 1 nitrogen and oxygen atoms in total. The van der Waals surface area contributed by atoms with Crippen molar-refractivity contribution in [3.63, 3.8) is 0 Å². The van der Waals surface area contributed by atoms with Crippen LogP contribution in [0.5, 0.6) is 0 Å². The van der Waals surface area contributed by atoms with E-state index in [1.165, 1.54) is 31.4 Å². The van der Waals surface area contributed by atoms with Crippen LogP contribution in [0.4, 0.5) is 0 Å². The smallest absolute Gasteiger partial charge is 0.140 e. The van der Waals surface area contributed by atoms with Gasteiger partial charge in [-0.15, -0.1) is 0 Å². The number of carbonyl (C=O) groups excluding carboxylic acids is 1. The maximum atomic E-state index is 12.0. The van der Waals surface area contributed by atoms with Gasteiger partial charge in [-0.1, -0.05) is 6.42 Å². The molecule has 3 fully saturated rings. The van der Waals surface area contributed by atoms with E-state index in [1.807, 2.05) is 11.8 Å². The number of rotatable bonds is 2. The van der Waals surface area contributed by atoms with Crippen molar-refractivity contribution in [1.82, 2.24) is 0 Å². The number of thioether (sulfide) groups is 1. The number of fused-ring (bicyclic) bond motifs is 1. The third-order valence-electron chi connectivity index (χ3n) is 4.07. The highest BCUT2D eigenvalue weighted by Crippen LogP contribution is 2.59. The summed E-state index contributed by atoms with van der Waals surface area (Å²) in [7, 11) is 0. The predicted octanol–water partition coefficient (Wildman–Crippen LogP) is 2.35. The van der Waals surface area contributed by atoms with E-state index < -0.39 is 0 Å². The Morgan fingerprint density at radius 1 is 1.15 bits per heavy atom. The van der Waals surface area contributed by atoms with E-state index in [9.17, 15) is 4.79 Å². The van der Waals surface area contributed by atoms with E-state index >= 15 is 0 Å². The molecule has 0 bridgehead atoms. The maximum Gasteiger partial charge on any atom is 0.140 e. The van der Waals surface area contributed by atoms with Crippen LogP contribution in [-0.2, 0) is 4.79 Å². The van der Waals surface area contributed by atoms with Gasteiger partial charge in [-0.05, 0) is 36.9 Å².